The van der Waals surface area contributed by atoms with Crippen LogP contribution < -0.4 is 20.1 Å². The Morgan fingerprint density at radius 3 is 2.40 bits per heavy atom. The average molecular weight is 352 g/mol. The summed E-state index contributed by atoms with van der Waals surface area (Å²) in [5, 5.41) is 6.51. The second-order valence-corrected chi connectivity index (χ2v) is 5.51. The first-order valence-electron chi connectivity index (χ1n) is 8.66. The number of aliphatic imine (C=N–C) groups is 1. The van der Waals surface area contributed by atoms with E-state index in [0.29, 0.717) is 13.2 Å². The molecule has 0 saturated heterocycles. The van der Waals surface area contributed by atoms with Crippen LogP contribution in [-0.4, -0.2) is 78.1 Å². The zero-order valence-corrected chi connectivity index (χ0v) is 15.9. The van der Waals surface area contributed by atoms with E-state index in [9.17, 15) is 0 Å². The summed E-state index contributed by atoms with van der Waals surface area (Å²) in [6, 6.07) is 7.56. The van der Waals surface area contributed by atoms with Gasteiger partial charge in [0.2, 0.25) is 0 Å². The molecule has 0 fully saturated rings. The van der Waals surface area contributed by atoms with Gasteiger partial charge >= 0.3 is 0 Å². The highest BCUT2D eigenvalue weighted by atomic mass is 16.5. The second kappa shape index (κ2) is 13.3. The smallest absolute Gasteiger partial charge is 0.191 e. The fraction of sp³-hybridized carbons (Fsp3) is 0.611. The number of rotatable bonds is 12. The van der Waals surface area contributed by atoms with E-state index in [4.69, 9.17) is 14.2 Å². The maximum atomic E-state index is 5.70. The van der Waals surface area contributed by atoms with Gasteiger partial charge in [-0.15, -0.1) is 0 Å². The van der Waals surface area contributed by atoms with Gasteiger partial charge in [0.25, 0.3) is 0 Å². The Kier molecular flexibility index (Phi) is 11.2. The molecule has 7 nitrogen and oxygen atoms in total. The summed E-state index contributed by atoms with van der Waals surface area (Å²) in [7, 11) is 5.43. The third kappa shape index (κ3) is 9.79. The van der Waals surface area contributed by atoms with Gasteiger partial charge in [-0.2, -0.15) is 0 Å². The molecule has 0 aromatic heterocycles. The second-order valence-electron chi connectivity index (χ2n) is 5.51. The Labute approximate surface area is 151 Å². The van der Waals surface area contributed by atoms with Gasteiger partial charge in [-0.3, -0.25) is 4.99 Å². The number of nitrogens with zero attached hydrogens (tertiary/aromatic N) is 2. The van der Waals surface area contributed by atoms with Crippen molar-refractivity contribution in [3.05, 3.63) is 24.3 Å². The van der Waals surface area contributed by atoms with E-state index in [1.165, 1.54) is 0 Å². The summed E-state index contributed by atoms with van der Waals surface area (Å²) >= 11 is 0. The molecule has 0 bridgehead atoms. The summed E-state index contributed by atoms with van der Waals surface area (Å²) in [5.74, 6) is 2.45. The van der Waals surface area contributed by atoms with Crippen molar-refractivity contribution in [2.45, 2.75) is 6.92 Å². The maximum Gasteiger partial charge on any atom is 0.191 e. The van der Waals surface area contributed by atoms with Gasteiger partial charge < -0.3 is 29.7 Å². The van der Waals surface area contributed by atoms with Crippen LogP contribution in [0.3, 0.4) is 0 Å². The van der Waals surface area contributed by atoms with Crippen LogP contribution in [0.15, 0.2) is 29.3 Å². The molecule has 0 amide bonds. The molecular weight excluding hydrogens is 320 g/mol. The van der Waals surface area contributed by atoms with Gasteiger partial charge in [-0.1, -0.05) is 0 Å². The molecule has 142 valence electrons. The van der Waals surface area contributed by atoms with E-state index in [0.717, 1.165) is 50.2 Å². The van der Waals surface area contributed by atoms with Crippen LogP contribution in [0, 0.1) is 0 Å². The molecular formula is C18H32N4O3. The number of methoxy groups -OCH3 is 2. The largest absolute Gasteiger partial charge is 0.497 e. The molecule has 1 aromatic carbocycles. The van der Waals surface area contributed by atoms with Crippen molar-refractivity contribution in [1.29, 1.82) is 0 Å². The van der Waals surface area contributed by atoms with Gasteiger partial charge in [-0.05, 0) is 38.2 Å². The van der Waals surface area contributed by atoms with E-state index < -0.39 is 0 Å². The predicted octanol–water partition coefficient (Wildman–Crippen LogP) is 1.21. The minimum absolute atomic E-state index is 0.560. The summed E-state index contributed by atoms with van der Waals surface area (Å²) in [5.41, 5.74) is 0. The van der Waals surface area contributed by atoms with E-state index in [-0.39, 0.29) is 0 Å². The fourth-order valence-corrected chi connectivity index (χ4v) is 2.04. The van der Waals surface area contributed by atoms with Crippen LogP contribution in [0.1, 0.15) is 6.92 Å². The molecule has 0 atom stereocenters. The summed E-state index contributed by atoms with van der Waals surface area (Å²) in [6.07, 6.45) is 0. The molecule has 0 aliphatic carbocycles. The topological polar surface area (TPSA) is 67.4 Å². The molecule has 0 aliphatic heterocycles. The Morgan fingerprint density at radius 2 is 1.76 bits per heavy atom. The standard InChI is InChI=1S/C18H32N4O3/c1-5-19-18(20-10-12-22(2)13-15-23-3)21-11-14-25-17-8-6-16(24-4)7-9-17/h6-9H,5,10-15H2,1-4H3,(H2,19,20,21). The minimum Gasteiger partial charge on any atom is -0.497 e. The Morgan fingerprint density at radius 1 is 1.04 bits per heavy atom. The molecule has 25 heavy (non-hydrogen) atoms. The van der Waals surface area contributed by atoms with Crippen molar-refractivity contribution in [2.75, 3.05) is 67.2 Å². The summed E-state index contributed by atoms with van der Waals surface area (Å²) < 4.78 is 15.9. The SMILES string of the molecule is CCNC(=NCCN(C)CCOC)NCCOc1ccc(OC)cc1. The van der Waals surface area contributed by atoms with Gasteiger partial charge in [0.1, 0.15) is 18.1 Å². The van der Waals surface area contributed by atoms with Gasteiger partial charge in [0.15, 0.2) is 5.96 Å². The van der Waals surface area contributed by atoms with E-state index in [1.807, 2.05) is 24.3 Å². The number of likely N-dealkylation sites (N-methyl/N-ethyl adjacent to an activating group) is 1. The highest BCUT2D eigenvalue weighted by Gasteiger charge is 2.00. The summed E-state index contributed by atoms with van der Waals surface area (Å²) in [6.45, 7) is 7.38. The highest BCUT2D eigenvalue weighted by Crippen LogP contribution is 2.16. The zero-order valence-electron chi connectivity index (χ0n) is 15.9. The lowest BCUT2D eigenvalue weighted by atomic mass is 10.3. The third-order valence-corrected chi connectivity index (χ3v) is 3.50. The Balaban J connectivity index is 2.27. The van der Waals surface area contributed by atoms with Crippen molar-refractivity contribution in [3.8, 4) is 11.5 Å². The lowest BCUT2D eigenvalue weighted by Crippen LogP contribution is -2.40. The quantitative estimate of drug-likeness (QED) is 0.335. The number of ether oxygens (including phenoxy) is 3. The van der Waals surface area contributed by atoms with Crippen molar-refractivity contribution in [3.63, 3.8) is 0 Å². The van der Waals surface area contributed by atoms with Gasteiger partial charge in [-0.25, -0.2) is 0 Å². The van der Waals surface area contributed by atoms with E-state index in [2.05, 4.69) is 34.5 Å². The molecule has 2 N–H and O–H groups in total. The third-order valence-electron chi connectivity index (χ3n) is 3.50. The van der Waals surface area contributed by atoms with Crippen molar-refractivity contribution >= 4 is 5.96 Å². The molecule has 1 aromatic rings. The first-order chi connectivity index (χ1) is 12.2. The maximum absolute atomic E-state index is 5.70. The minimum atomic E-state index is 0.560. The number of hydrogen-bond donors (Lipinski definition) is 2. The molecule has 0 spiro atoms. The molecule has 0 radical (unpaired) electrons. The van der Waals surface area contributed by atoms with Crippen LogP contribution >= 0.6 is 0 Å². The lowest BCUT2D eigenvalue weighted by Gasteiger charge is -2.16. The average Bonchev–Trinajstić information content (AvgIpc) is 2.64. The van der Waals surface area contributed by atoms with Gasteiger partial charge in [0, 0.05) is 26.7 Å². The van der Waals surface area contributed by atoms with Crippen LogP contribution in [0.25, 0.3) is 0 Å². The molecule has 7 heteroatoms. The zero-order chi connectivity index (χ0) is 18.3. The normalized spacial score (nSPS) is 11.5. The van der Waals surface area contributed by atoms with Crippen LogP contribution in [-0.2, 0) is 4.74 Å². The number of hydrogen-bond acceptors (Lipinski definition) is 5. The van der Waals surface area contributed by atoms with Crippen molar-refractivity contribution in [1.82, 2.24) is 15.5 Å². The first kappa shape index (κ1) is 21.1. The van der Waals surface area contributed by atoms with Crippen molar-refractivity contribution in [2.24, 2.45) is 4.99 Å². The Hall–Kier alpha value is -1.99. The molecule has 0 saturated carbocycles. The molecule has 0 unspecified atom stereocenters. The van der Waals surface area contributed by atoms with E-state index >= 15 is 0 Å². The number of benzene rings is 1. The molecule has 0 heterocycles. The van der Waals surface area contributed by atoms with Gasteiger partial charge in [0.05, 0.1) is 26.8 Å². The Bertz CT molecular complexity index is 480. The predicted molar refractivity (Wildman–Crippen MR) is 102 cm³/mol. The van der Waals surface area contributed by atoms with Crippen LogP contribution in [0.2, 0.25) is 0 Å². The van der Waals surface area contributed by atoms with Crippen LogP contribution in [0.4, 0.5) is 0 Å². The lowest BCUT2D eigenvalue weighted by molar-refractivity contribution is 0.163. The monoisotopic (exact) mass is 352 g/mol. The van der Waals surface area contributed by atoms with E-state index in [1.54, 1.807) is 14.2 Å². The number of nitrogens with one attached hydrogen (secondary N) is 2. The molecule has 0 aliphatic rings. The number of guanidine groups is 1. The molecule has 1 rings (SSSR count). The first-order valence-corrected chi connectivity index (χ1v) is 8.66. The van der Waals surface area contributed by atoms with Crippen LogP contribution in [0.5, 0.6) is 11.5 Å². The highest BCUT2D eigenvalue weighted by molar-refractivity contribution is 5.79. The fourth-order valence-electron chi connectivity index (χ4n) is 2.04. The summed E-state index contributed by atoms with van der Waals surface area (Å²) in [4.78, 5) is 6.77. The van der Waals surface area contributed by atoms with Crippen molar-refractivity contribution < 1.29 is 14.2 Å².